The standard InChI is InChI=1S/C24H29N3O8/c1-13(2)22(30)35-19-14(3)34-24(32)18(26-20(28)17-11-25-27(4)21(17)29)12-33-23(31)16(19)10-15-8-6-5-7-9-15/h5-9,11,13-14,16,18-19,25H,10,12H2,1-4H3,(H,26,28)/t14-,16+,18?,19?/m0/s1. The van der Waals surface area contributed by atoms with E-state index in [2.05, 4.69) is 10.4 Å². The minimum absolute atomic E-state index is 0.175. The summed E-state index contributed by atoms with van der Waals surface area (Å²) in [6.45, 7) is 4.29. The Labute approximate surface area is 201 Å². The van der Waals surface area contributed by atoms with Crippen molar-refractivity contribution in [2.75, 3.05) is 6.61 Å². The van der Waals surface area contributed by atoms with Gasteiger partial charge in [-0.15, -0.1) is 0 Å². The van der Waals surface area contributed by atoms with Crippen molar-refractivity contribution in [3.63, 3.8) is 0 Å². The van der Waals surface area contributed by atoms with E-state index in [0.717, 1.165) is 10.2 Å². The molecule has 2 heterocycles. The summed E-state index contributed by atoms with van der Waals surface area (Å²) in [6, 6.07) is 7.72. The molecule has 188 valence electrons. The molecule has 2 N–H and O–H groups in total. The fourth-order valence-corrected chi connectivity index (χ4v) is 3.61. The maximum absolute atomic E-state index is 13.1. The molecule has 1 fully saturated rings. The highest BCUT2D eigenvalue weighted by molar-refractivity contribution is 5.96. The van der Waals surface area contributed by atoms with Gasteiger partial charge in [0.05, 0.1) is 5.92 Å². The van der Waals surface area contributed by atoms with Gasteiger partial charge in [-0.25, -0.2) is 4.79 Å². The molecule has 1 aromatic heterocycles. The van der Waals surface area contributed by atoms with Gasteiger partial charge in [0, 0.05) is 13.2 Å². The second kappa shape index (κ2) is 11.0. The van der Waals surface area contributed by atoms with Crippen molar-refractivity contribution >= 4 is 23.8 Å². The van der Waals surface area contributed by atoms with Gasteiger partial charge in [0.2, 0.25) is 0 Å². The average Bonchev–Trinajstić information content (AvgIpc) is 3.17. The summed E-state index contributed by atoms with van der Waals surface area (Å²) in [5.74, 6) is -4.44. The molecule has 2 unspecified atom stereocenters. The highest BCUT2D eigenvalue weighted by Gasteiger charge is 2.42. The molecule has 0 radical (unpaired) electrons. The Bertz CT molecular complexity index is 1140. The summed E-state index contributed by atoms with van der Waals surface area (Å²) < 4.78 is 17.6. The second-order valence-electron chi connectivity index (χ2n) is 8.70. The van der Waals surface area contributed by atoms with E-state index in [9.17, 15) is 24.0 Å². The van der Waals surface area contributed by atoms with Crippen LogP contribution < -0.4 is 10.9 Å². The number of carbonyl (C=O) groups is 4. The first-order chi connectivity index (χ1) is 16.6. The first-order valence-corrected chi connectivity index (χ1v) is 11.2. The number of esters is 3. The molecule has 1 aliphatic rings. The summed E-state index contributed by atoms with van der Waals surface area (Å²) in [5, 5.41) is 4.95. The molecule has 1 aromatic carbocycles. The van der Waals surface area contributed by atoms with E-state index in [-0.39, 0.29) is 12.0 Å². The predicted octanol–water partition coefficient (Wildman–Crippen LogP) is 0.727. The van der Waals surface area contributed by atoms with Crippen molar-refractivity contribution in [3.05, 3.63) is 58.0 Å². The molecule has 0 aliphatic carbocycles. The lowest BCUT2D eigenvalue weighted by atomic mass is 9.91. The van der Waals surface area contributed by atoms with Crippen LogP contribution in [0.5, 0.6) is 0 Å². The Morgan fingerprint density at radius 1 is 1.17 bits per heavy atom. The van der Waals surface area contributed by atoms with Gasteiger partial charge in [-0.05, 0) is 18.9 Å². The maximum Gasteiger partial charge on any atom is 0.332 e. The van der Waals surface area contributed by atoms with E-state index in [4.69, 9.17) is 14.2 Å². The topological polar surface area (TPSA) is 146 Å². The molecular formula is C24H29N3O8. The van der Waals surface area contributed by atoms with Gasteiger partial charge in [0.1, 0.15) is 24.2 Å². The number of H-pyrrole nitrogens is 1. The summed E-state index contributed by atoms with van der Waals surface area (Å²) in [6.07, 6.45) is -0.768. The molecule has 35 heavy (non-hydrogen) atoms. The van der Waals surface area contributed by atoms with Crippen LogP contribution in [0.4, 0.5) is 0 Å². The zero-order valence-electron chi connectivity index (χ0n) is 20.0. The molecule has 2 aromatic rings. The van der Waals surface area contributed by atoms with Gasteiger partial charge in [0.15, 0.2) is 12.1 Å². The number of hydrogen-bond acceptors (Lipinski definition) is 8. The zero-order valence-corrected chi connectivity index (χ0v) is 20.0. The lowest BCUT2D eigenvalue weighted by Crippen LogP contribution is -2.47. The highest BCUT2D eigenvalue weighted by atomic mass is 16.6. The number of amides is 1. The van der Waals surface area contributed by atoms with Crippen LogP contribution in [0.3, 0.4) is 0 Å². The molecule has 11 nitrogen and oxygen atoms in total. The summed E-state index contributed by atoms with van der Waals surface area (Å²) in [4.78, 5) is 63.1. The second-order valence-corrected chi connectivity index (χ2v) is 8.70. The van der Waals surface area contributed by atoms with Crippen molar-refractivity contribution in [2.24, 2.45) is 18.9 Å². The molecule has 0 bridgehead atoms. The molecule has 3 rings (SSSR count). The minimum Gasteiger partial charge on any atom is -0.463 e. The number of carbonyl (C=O) groups excluding carboxylic acids is 4. The van der Waals surface area contributed by atoms with E-state index in [1.54, 1.807) is 13.8 Å². The molecular weight excluding hydrogens is 458 g/mol. The fourth-order valence-electron chi connectivity index (χ4n) is 3.61. The molecule has 11 heteroatoms. The van der Waals surface area contributed by atoms with Crippen molar-refractivity contribution < 1.29 is 33.4 Å². The number of aromatic nitrogens is 2. The Morgan fingerprint density at radius 3 is 2.46 bits per heavy atom. The fraction of sp³-hybridized carbons (Fsp3) is 0.458. The van der Waals surface area contributed by atoms with Gasteiger partial charge in [-0.2, -0.15) is 0 Å². The third-order valence-electron chi connectivity index (χ3n) is 5.65. The Morgan fingerprint density at radius 2 is 1.86 bits per heavy atom. The molecule has 0 spiro atoms. The summed E-state index contributed by atoms with van der Waals surface area (Å²) in [5.41, 5.74) is -0.0101. The van der Waals surface area contributed by atoms with Crippen LogP contribution in [0.1, 0.15) is 36.7 Å². The number of nitrogens with one attached hydrogen (secondary N) is 2. The number of aromatic amines is 1. The molecule has 4 atom stereocenters. The van der Waals surface area contributed by atoms with Crippen LogP contribution in [0.2, 0.25) is 0 Å². The van der Waals surface area contributed by atoms with Gasteiger partial charge >= 0.3 is 17.9 Å². The van der Waals surface area contributed by atoms with Gasteiger partial charge in [-0.3, -0.25) is 23.9 Å². The van der Waals surface area contributed by atoms with Gasteiger partial charge in [-0.1, -0.05) is 44.2 Å². The van der Waals surface area contributed by atoms with Crippen LogP contribution in [0.15, 0.2) is 41.3 Å². The number of hydrogen-bond donors (Lipinski definition) is 2. The number of nitrogens with zero attached hydrogens (tertiary/aromatic N) is 1. The normalized spacial score (nSPS) is 22.9. The van der Waals surface area contributed by atoms with Crippen molar-refractivity contribution in [3.8, 4) is 0 Å². The third-order valence-corrected chi connectivity index (χ3v) is 5.65. The van der Waals surface area contributed by atoms with Gasteiger partial charge < -0.3 is 24.6 Å². The monoisotopic (exact) mass is 487 g/mol. The summed E-state index contributed by atoms with van der Waals surface area (Å²) >= 11 is 0. The number of benzene rings is 1. The molecule has 1 aliphatic heterocycles. The van der Waals surface area contributed by atoms with Crippen LogP contribution in [0, 0.1) is 11.8 Å². The zero-order chi connectivity index (χ0) is 25.7. The van der Waals surface area contributed by atoms with E-state index in [1.807, 2.05) is 30.3 Å². The summed E-state index contributed by atoms with van der Waals surface area (Å²) in [7, 11) is 1.43. The van der Waals surface area contributed by atoms with E-state index in [0.29, 0.717) is 0 Å². The van der Waals surface area contributed by atoms with E-state index < -0.39 is 66.1 Å². The van der Waals surface area contributed by atoms with Crippen LogP contribution in [-0.2, 0) is 42.1 Å². The highest BCUT2D eigenvalue weighted by Crippen LogP contribution is 2.24. The van der Waals surface area contributed by atoms with E-state index in [1.165, 1.54) is 20.2 Å². The SMILES string of the molecule is CC(C)C(=O)OC1[C@H](C)OC(=O)C(NC(=O)c2c[nH]n(C)c2=O)COC(=O)[C@@H]1Cc1ccccc1. The quantitative estimate of drug-likeness (QED) is 0.448. The third kappa shape index (κ3) is 6.17. The first-order valence-electron chi connectivity index (χ1n) is 11.2. The average molecular weight is 488 g/mol. The van der Waals surface area contributed by atoms with Crippen LogP contribution >= 0.6 is 0 Å². The molecule has 0 saturated carbocycles. The minimum atomic E-state index is -1.37. The first kappa shape index (κ1) is 25.7. The van der Waals surface area contributed by atoms with Gasteiger partial charge in [0.25, 0.3) is 11.5 Å². The molecule has 1 amide bonds. The smallest absolute Gasteiger partial charge is 0.332 e. The van der Waals surface area contributed by atoms with Crippen molar-refractivity contribution in [1.82, 2.24) is 15.1 Å². The van der Waals surface area contributed by atoms with Crippen molar-refractivity contribution in [2.45, 2.75) is 45.4 Å². The number of ether oxygens (including phenoxy) is 3. The van der Waals surface area contributed by atoms with Crippen LogP contribution in [0.25, 0.3) is 0 Å². The Kier molecular flexibility index (Phi) is 8.10. The Hall–Kier alpha value is -3.89. The Balaban J connectivity index is 1.87. The number of aryl methyl sites for hydroxylation is 1. The lowest BCUT2D eigenvalue weighted by Gasteiger charge is -2.29. The lowest BCUT2D eigenvalue weighted by molar-refractivity contribution is -0.176. The van der Waals surface area contributed by atoms with Crippen molar-refractivity contribution in [1.29, 1.82) is 0 Å². The van der Waals surface area contributed by atoms with E-state index >= 15 is 0 Å². The number of cyclic esters (lactones) is 2. The predicted molar refractivity (Wildman–Crippen MR) is 122 cm³/mol. The molecule has 1 saturated heterocycles. The van der Waals surface area contributed by atoms with Crippen LogP contribution in [-0.4, -0.2) is 58.5 Å². The number of rotatable bonds is 6. The largest absolute Gasteiger partial charge is 0.463 e. The maximum atomic E-state index is 13.1.